The molecule has 0 saturated heterocycles. The lowest BCUT2D eigenvalue weighted by Crippen LogP contribution is -2.06. The van der Waals surface area contributed by atoms with Crippen molar-refractivity contribution in [2.75, 3.05) is 11.6 Å². The Morgan fingerprint density at radius 1 is 1.22 bits per heavy atom. The van der Waals surface area contributed by atoms with Crippen LogP contribution in [0.3, 0.4) is 0 Å². The minimum absolute atomic E-state index is 0.0804. The first-order valence-corrected chi connectivity index (χ1v) is 9.87. The summed E-state index contributed by atoms with van der Waals surface area (Å²) in [5.74, 6) is 1.59. The van der Waals surface area contributed by atoms with Crippen LogP contribution in [-0.2, 0) is 22.8 Å². The molecule has 0 spiro atoms. The molecule has 3 heterocycles. The van der Waals surface area contributed by atoms with E-state index >= 15 is 0 Å². The zero-order valence-corrected chi connectivity index (χ0v) is 14.4. The molecule has 0 amide bonds. The molecule has 0 fully saturated rings. The lowest BCUT2D eigenvalue weighted by molar-refractivity contribution is 0.598. The molecule has 0 unspecified atom stereocenters. The predicted octanol–water partition coefficient (Wildman–Crippen LogP) is 2.66. The van der Waals surface area contributed by atoms with Crippen molar-refractivity contribution in [3.8, 4) is 0 Å². The average Bonchev–Trinajstić information content (AvgIpc) is 3.00. The van der Waals surface area contributed by atoms with Crippen molar-refractivity contribution in [2.45, 2.75) is 24.9 Å². The quantitative estimate of drug-likeness (QED) is 0.763. The predicted molar refractivity (Wildman–Crippen MR) is 91.5 cm³/mol. The van der Waals surface area contributed by atoms with Crippen LogP contribution >= 0.6 is 11.3 Å². The van der Waals surface area contributed by atoms with Gasteiger partial charge in [0.2, 0.25) is 0 Å². The Kier molecular flexibility index (Phi) is 4.27. The largest absolute Gasteiger partial charge is 0.365 e. The number of aromatic nitrogens is 3. The number of hydrogen-bond acceptors (Lipinski definition) is 7. The second-order valence-electron chi connectivity index (χ2n) is 5.11. The Bertz CT molecular complexity index is 934. The SMILES string of the molecule is CCc1nc(NCc2ccc(S(C)(=O)=O)nc2)c2ccsc2n1. The minimum Gasteiger partial charge on any atom is -0.365 e. The van der Waals surface area contributed by atoms with E-state index in [9.17, 15) is 8.42 Å². The number of rotatable bonds is 5. The highest BCUT2D eigenvalue weighted by Crippen LogP contribution is 2.25. The van der Waals surface area contributed by atoms with Crippen molar-refractivity contribution >= 4 is 37.2 Å². The van der Waals surface area contributed by atoms with Crippen LogP contribution in [0, 0.1) is 0 Å². The van der Waals surface area contributed by atoms with Crippen molar-refractivity contribution in [1.29, 1.82) is 0 Å². The van der Waals surface area contributed by atoms with E-state index in [0.717, 1.165) is 40.1 Å². The Morgan fingerprint density at radius 3 is 2.70 bits per heavy atom. The van der Waals surface area contributed by atoms with Gasteiger partial charge in [-0.15, -0.1) is 11.3 Å². The molecule has 1 N–H and O–H groups in total. The maximum absolute atomic E-state index is 11.4. The third kappa shape index (κ3) is 3.48. The van der Waals surface area contributed by atoms with Crippen molar-refractivity contribution in [3.05, 3.63) is 41.2 Å². The van der Waals surface area contributed by atoms with Crippen LogP contribution in [0.2, 0.25) is 0 Å². The number of pyridine rings is 1. The molecule has 0 radical (unpaired) electrons. The second kappa shape index (κ2) is 6.21. The molecule has 3 aromatic heterocycles. The molecule has 6 nitrogen and oxygen atoms in total. The second-order valence-corrected chi connectivity index (χ2v) is 7.97. The highest BCUT2D eigenvalue weighted by molar-refractivity contribution is 7.90. The van der Waals surface area contributed by atoms with Crippen LogP contribution in [0.15, 0.2) is 34.8 Å². The molecule has 3 aromatic rings. The number of nitrogens with zero attached hydrogens (tertiary/aromatic N) is 3. The maximum atomic E-state index is 11.4. The maximum Gasteiger partial charge on any atom is 0.192 e. The number of hydrogen-bond donors (Lipinski definition) is 1. The highest BCUT2D eigenvalue weighted by Gasteiger charge is 2.10. The molecule has 0 saturated carbocycles. The van der Waals surface area contributed by atoms with Gasteiger partial charge in [-0.2, -0.15) is 0 Å². The average molecular weight is 348 g/mol. The monoisotopic (exact) mass is 348 g/mol. The van der Waals surface area contributed by atoms with Crippen molar-refractivity contribution in [3.63, 3.8) is 0 Å². The van der Waals surface area contributed by atoms with Gasteiger partial charge in [0.05, 0.1) is 5.39 Å². The molecule has 0 bridgehead atoms. The van der Waals surface area contributed by atoms with Gasteiger partial charge in [-0.1, -0.05) is 13.0 Å². The number of aryl methyl sites for hydroxylation is 1. The third-order valence-electron chi connectivity index (χ3n) is 3.33. The molecular weight excluding hydrogens is 332 g/mol. The number of fused-ring (bicyclic) bond motifs is 1. The van der Waals surface area contributed by atoms with E-state index in [1.165, 1.54) is 6.07 Å². The van der Waals surface area contributed by atoms with Crippen LogP contribution in [-0.4, -0.2) is 29.6 Å². The van der Waals surface area contributed by atoms with E-state index in [2.05, 4.69) is 20.3 Å². The Balaban J connectivity index is 1.82. The van der Waals surface area contributed by atoms with Crippen LogP contribution in [0.1, 0.15) is 18.3 Å². The Morgan fingerprint density at radius 2 is 2.04 bits per heavy atom. The number of nitrogens with one attached hydrogen (secondary N) is 1. The smallest absolute Gasteiger partial charge is 0.192 e. The fourth-order valence-corrected chi connectivity index (χ4v) is 3.46. The molecule has 0 aliphatic carbocycles. The van der Waals surface area contributed by atoms with Crippen LogP contribution in [0.5, 0.6) is 0 Å². The summed E-state index contributed by atoms with van der Waals surface area (Å²) in [6.07, 6.45) is 3.48. The number of anilines is 1. The summed E-state index contributed by atoms with van der Waals surface area (Å²) >= 11 is 1.59. The molecular formula is C15H16N4O2S2. The summed E-state index contributed by atoms with van der Waals surface area (Å²) in [5.41, 5.74) is 0.887. The summed E-state index contributed by atoms with van der Waals surface area (Å²) in [7, 11) is -3.27. The van der Waals surface area contributed by atoms with Crippen molar-refractivity contribution in [1.82, 2.24) is 15.0 Å². The van der Waals surface area contributed by atoms with Gasteiger partial charge in [0, 0.05) is 25.4 Å². The van der Waals surface area contributed by atoms with Crippen molar-refractivity contribution in [2.24, 2.45) is 0 Å². The summed E-state index contributed by atoms with van der Waals surface area (Å²) in [4.78, 5) is 14.0. The molecule has 3 rings (SSSR count). The van der Waals surface area contributed by atoms with Gasteiger partial charge in [-0.05, 0) is 23.1 Å². The Labute approximate surface area is 138 Å². The standard InChI is InChI=1S/C15H16N4O2S2/c1-3-12-18-14(11-6-7-22-15(11)19-12)17-9-10-4-5-13(16-8-10)23(2,20)21/h4-8H,3,9H2,1-2H3,(H,17,18,19). The fraction of sp³-hybridized carbons (Fsp3) is 0.267. The zero-order chi connectivity index (χ0) is 16.4. The van der Waals surface area contributed by atoms with Gasteiger partial charge in [-0.3, -0.25) is 0 Å². The van der Waals surface area contributed by atoms with E-state index in [0.29, 0.717) is 6.54 Å². The van der Waals surface area contributed by atoms with Crippen molar-refractivity contribution < 1.29 is 8.42 Å². The van der Waals surface area contributed by atoms with E-state index in [1.54, 1.807) is 23.6 Å². The lowest BCUT2D eigenvalue weighted by Gasteiger charge is -2.08. The van der Waals surface area contributed by atoms with E-state index < -0.39 is 9.84 Å². The van der Waals surface area contributed by atoms with Gasteiger partial charge in [0.1, 0.15) is 16.5 Å². The van der Waals surface area contributed by atoms with Crippen LogP contribution in [0.4, 0.5) is 5.82 Å². The number of thiophene rings is 1. The van der Waals surface area contributed by atoms with E-state index in [1.807, 2.05) is 18.4 Å². The first-order valence-electron chi connectivity index (χ1n) is 7.10. The summed E-state index contributed by atoms with van der Waals surface area (Å²) in [5, 5.41) is 6.36. The molecule has 0 aliphatic heterocycles. The summed E-state index contributed by atoms with van der Waals surface area (Å²) in [6.45, 7) is 2.54. The topological polar surface area (TPSA) is 84.8 Å². The van der Waals surface area contributed by atoms with Crippen LogP contribution < -0.4 is 5.32 Å². The van der Waals surface area contributed by atoms with Gasteiger partial charge in [-0.25, -0.2) is 23.4 Å². The normalized spacial score (nSPS) is 11.7. The molecule has 0 aromatic carbocycles. The summed E-state index contributed by atoms with van der Waals surface area (Å²) in [6, 6.07) is 5.26. The number of sulfone groups is 1. The zero-order valence-electron chi connectivity index (χ0n) is 12.8. The van der Waals surface area contributed by atoms with Gasteiger partial charge < -0.3 is 5.32 Å². The minimum atomic E-state index is -3.27. The van der Waals surface area contributed by atoms with E-state index in [4.69, 9.17) is 0 Å². The van der Waals surface area contributed by atoms with E-state index in [-0.39, 0.29) is 5.03 Å². The molecule has 8 heteroatoms. The Hall–Kier alpha value is -2.06. The molecule has 23 heavy (non-hydrogen) atoms. The summed E-state index contributed by atoms with van der Waals surface area (Å²) < 4.78 is 22.8. The van der Waals surface area contributed by atoms with Gasteiger partial charge in [0.15, 0.2) is 14.9 Å². The lowest BCUT2D eigenvalue weighted by atomic mass is 10.3. The molecule has 0 atom stereocenters. The third-order valence-corrected chi connectivity index (χ3v) is 5.13. The van der Waals surface area contributed by atoms with Gasteiger partial charge >= 0.3 is 0 Å². The van der Waals surface area contributed by atoms with Gasteiger partial charge in [0.25, 0.3) is 0 Å². The van der Waals surface area contributed by atoms with Crippen LogP contribution in [0.25, 0.3) is 10.2 Å². The first-order chi connectivity index (χ1) is 11.0. The fourth-order valence-electron chi connectivity index (χ4n) is 2.11. The highest BCUT2D eigenvalue weighted by atomic mass is 32.2. The first kappa shape index (κ1) is 15.8. The molecule has 120 valence electrons. The molecule has 0 aliphatic rings.